The van der Waals surface area contributed by atoms with Crippen LogP contribution in [0, 0.1) is 18.6 Å². The van der Waals surface area contributed by atoms with Crippen molar-refractivity contribution in [2.24, 2.45) is 10.7 Å². The molecule has 1 aliphatic rings. The number of rotatable bonds is 4. The molecule has 3 aromatic rings. The molecule has 3 heterocycles. The largest absolute Gasteiger partial charge is 0.369 e. The zero-order chi connectivity index (χ0) is 22.3. The number of aliphatic imine (C=N–C) groups is 1. The molecule has 0 aliphatic carbocycles. The van der Waals surface area contributed by atoms with Crippen LogP contribution in [0.2, 0.25) is 0 Å². The number of hydrogen-bond donors (Lipinski definition) is 1. The number of amides is 1. The Balaban J connectivity index is 2.05. The fraction of sp³-hybridized carbons (Fsp3) is 0.182. The number of carbonyl (C=O) groups is 1. The summed E-state index contributed by atoms with van der Waals surface area (Å²) >= 11 is 0. The van der Waals surface area contributed by atoms with Gasteiger partial charge in [0.15, 0.2) is 11.5 Å². The third kappa shape index (κ3) is 3.13. The highest BCUT2D eigenvalue weighted by atomic mass is 19.1. The molecule has 2 aromatic heterocycles. The van der Waals surface area contributed by atoms with Crippen molar-refractivity contribution in [3.63, 3.8) is 0 Å². The van der Waals surface area contributed by atoms with Gasteiger partial charge in [-0.05, 0) is 36.8 Å². The van der Waals surface area contributed by atoms with E-state index in [1.807, 2.05) is 0 Å². The van der Waals surface area contributed by atoms with E-state index in [2.05, 4.69) is 15.0 Å². The van der Waals surface area contributed by atoms with Gasteiger partial charge in [0.25, 0.3) is 5.91 Å². The minimum Gasteiger partial charge on any atom is -0.369 e. The van der Waals surface area contributed by atoms with Gasteiger partial charge >= 0.3 is 0 Å². The first-order chi connectivity index (χ1) is 14.8. The van der Waals surface area contributed by atoms with E-state index in [1.165, 1.54) is 31.4 Å². The number of hydrogen-bond acceptors (Lipinski definition) is 5. The van der Waals surface area contributed by atoms with Gasteiger partial charge in [-0.1, -0.05) is 6.07 Å². The molecule has 0 bridgehead atoms. The van der Waals surface area contributed by atoms with Crippen molar-refractivity contribution in [3.8, 4) is 11.1 Å². The molecule has 1 aromatic carbocycles. The number of aryl methyl sites for hydroxylation is 1. The van der Waals surface area contributed by atoms with Gasteiger partial charge in [0, 0.05) is 47.9 Å². The van der Waals surface area contributed by atoms with E-state index < -0.39 is 29.8 Å². The summed E-state index contributed by atoms with van der Waals surface area (Å²) in [6.07, 6.45) is 2.86. The zero-order valence-corrected chi connectivity index (χ0v) is 16.7. The van der Waals surface area contributed by atoms with Gasteiger partial charge < -0.3 is 5.73 Å². The molecule has 1 amide bonds. The number of benzene rings is 1. The second kappa shape index (κ2) is 7.50. The van der Waals surface area contributed by atoms with Crippen molar-refractivity contribution >= 4 is 11.9 Å². The van der Waals surface area contributed by atoms with E-state index in [4.69, 9.17) is 5.73 Å². The molecule has 6 nitrogen and oxygen atoms in total. The third-order valence-corrected chi connectivity index (χ3v) is 5.35. The minimum atomic E-state index is -1.95. The van der Waals surface area contributed by atoms with Crippen LogP contribution in [-0.2, 0) is 17.0 Å². The standard InChI is InChI=1S/C22H18F3N5O/c1-12-15(4-3-6-27-12)16-9-17(19(25)10-18(16)24)22(20(31)30(2)21(26)29-22)13-5-7-28-14(8-13)11-23/h3-10H,11H2,1-2H3,(H2,26,29). The molecule has 4 rings (SSSR count). The van der Waals surface area contributed by atoms with Crippen LogP contribution in [0.25, 0.3) is 11.1 Å². The number of alkyl halides is 1. The highest BCUT2D eigenvalue weighted by Crippen LogP contribution is 2.42. The average molecular weight is 425 g/mol. The fourth-order valence-electron chi connectivity index (χ4n) is 3.74. The van der Waals surface area contributed by atoms with Crippen molar-refractivity contribution in [2.75, 3.05) is 7.05 Å². The lowest BCUT2D eigenvalue weighted by molar-refractivity contribution is -0.129. The van der Waals surface area contributed by atoms with Crippen molar-refractivity contribution in [1.82, 2.24) is 14.9 Å². The van der Waals surface area contributed by atoms with Crippen LogP contribution in [0.4, 0.5) is 13.2 Å². The van der Waals surface area contributed by atoms with Crippen LogP contribution >= 0.6 is 0 Å². The maximum Gasteiger partial charge on any atom is 0.266 e. The highest BCUT2D eigenvalue weighted by Gasteiger charge is 2.51. The predicted molar refractivity (Wildman–Crippen MR) is 109 cm³/mol. The fourth-order valence-corrected chi connectivity index (χ4v) is 3.74. The van der Waals surface area contributed by atoms with Crippen molar-refractivity contribution < 1.29 is 18.0 Å². The van der Waals surface area contributed by atoms with Crippen LogP contribution < -0.4 is 5.73 Å². The smallest absolute Gasteiger partial charge is 0.266 e. The summed E-state index contributed by atoms with van der Waals surface area (Å²) in [4.78, 5) is 26.7. The summed E-state index contributed by atoms with van der Waals surface area (Å²) in [5, 5.41) is 0. The van der Waals surface area contributed by atoms with Crippen LogP contribution in [0.5, 0.6) is 0 Å². The number of carbonyl (C=O) groups excluding carboxylic acids is 1. The summed E-state index contributed by atoms with van der Waals surface area (Å²) < 4.78 is 43.3. The lowest BCUT2D eigenvalue weighted by atomic mass is 9.81. The first-order valence-corrected chi connectivity index (χ1v) is 9.36. The maximum atomic E-state index is 15.2. The molecule has 0 fully saturated rings. The molecule has 1 unspecified atom stereocenters. The minimum absolute atomic E-state index is 0.0406. The van der Waals surface area contributed by atoms with Gasteiger partial charge in [-0.15, -0.1) is 0 Å². The van der Waals surface area contributed by atoms with E-state index >= 15 is 4.39 Å². The Kier molecular flexibility index (Phi) is 4.96. The Hall–Kier alpha value is -3.75. The van der Waals surface area contributed by atoms with Gasteiger partial charge in [0.1, 0.15) is 18.3 Å². The summed E-state index contributed by atoms with van der Waals surface area (Å²) in [6.45, 7) is 0.799. The Labute approximate surface area is 176 Å². The Morgan fingerprint density at radius 3 is 2.48 bits per heavy atom. The zero-order valence-electron chi connectivity index (χ0n) is 16.7. The Morgan fingerprint density at radius 1 is 1.06 bits per heavy atom. The van der Waals surface area contributed by atoms with Gasteiger partial charge in [-0.2, -0.15) is 0 Å². The molecule has 0 saturated carbocycles. The molecule has 31 heavy (non-hydrogen) atoms. The van der Waals surface area contributed by atoms with Gasteiger partial charge in [0.05, 0.1) is 5.69 Å². The SMILES string of the molecule is Cc1ncccc1-c1cc(C2(c3ccnc(CF)c3)N=C(N)N(C)C2=O)c(F)cc1F. The van der Waals surface area contributed by atoms with Crippen LogP contribution in [-0.4, -0.2) is 33.8 Å². The first kappa shape index (κ1) is 20.5. The summed E-state index contributed by atoms with van der Waals surface area (Å²) in [5.41, 5.74) is 4.97. The van der Waals surface area contributed by atoms with Crippen molar-refractivity contribution in [2.45, 2.75) is 19.1 Å². The van der Waals surface area contributed by atoms with E-state index in [9.17, 15) is 13.6 Å². The average Bonchev–Trinajstić information content (AvgIpc) is 2.99. The third-order valence-electron chi connectivity index (χ3n) is 5.35. The van der Waals surface area contributed by atoms with Gasteiger partial charge in [-0.3, -0.25) is 19.7 Å². The van der Waals surface area contributed by atoms with E-state index in [0.717, 1.165) is 4.90 Å². The lowest BCUT2D eigenvalue weighted by Gasteiger charge is -2.27. The summed E-state index contributed by atoms with van der Waals surface area (Å²) in [6, 6.07) is 7.96. The second-order valence-corrected chi connectivity index (χ2v) is 7.16. The number of pyridine rings is 2. The van der Waals surface area contributed by atoms with Gasteiger partial charge in [0.2, 0.25) is 0 Å². The molecule has 0 spiro atoms. The van der Waals surface area contributed by atoms with E-state index in [-0.39, 0.29) is 28.3 Å². The first-order valence-electron chi connectivity index (χ1n) is 9.36. The number of nitrogens with two attached hydrogens (primary N) is 1. The number of likely N-dealkylation sites (N-methyl/N-ethyl adjacent to an activating group) is 1. The van der Waals surface area contributed by atoms with E-state index in [1.54, 1.807) is 25.3 Å². The van der Waals surface area contributed by atoms with Crippen LogP contribution in [0.3, 0.4) is 0 Å². The number of aromatic nitrogens is 2. The monoisotopic (exact) mass is 425 g/mol. The van der Waals surface area contributed by atoms with Crippen LogP contribution in [0.1, 0.15) is 22.5 Å². The highest BCUT2D eigenvalue weighted by molar-refractivity contribution is 6.09. The Bertz CT molecular complexity index is 1230. The molecule has 158 valence electrons. The number of nitrogens with zero attached hydrogens (tertiary/aromatic N) is 4. The Morgan fingerprint density at radius 2 is 1.84 bits per heavy atom. The normalized spacial score (nSPS) is 18.4. The van der Waals surface area contributed by atoms with Crippen molar-refractivity contribution in [3.05, 3.63) is 82.9 Å². The quantitative estimate of drug-likeness (QED) is 0.696. The predicted octanol–water partition coefficient (Wildman–Crippen LogP) is 3.23. The summed E-state index contributed by atoms with van der Waals surface area (Å²) in [5.74, 6) is -2.60. The molecule has 1 atom stereocenters. The number of halogens is 3. The van der Waals surface area contributed by atoms with Gasteiger partial charge in [-0.25, -0.2) is 18.2 Å². The number of guanidine groups is 1. The van der Waals surface area contributed by atoms with E-state index in [0.29, 0.717) is 17.3 Å². The van der Waals surface area contributed by atoms with Crippen LogP contribution in [0.15, 0.2) is 53.8 Å². The summed E-state index contributed by atoms with van der Waals surface area (Å²) in [7, 11) is 1.40. The molecule has 0 radical (unpaired) electrons. The maximum absolute atomic E-state index is 15.2. The van der Waals surface area contributed by atoms with Crippen molar-refractivity contribution in [1.29, 1.82) is 0 Å². The molecule has 9 heteroatoms. The lowest BCUT2D eigenvalue weighted by Crippen LogP contribution is -2.41. The molecular formula is C22H18F3N5O. The molecular weight excluding hydrogens is 407 g/mol. The molecule has 1 aliphatic heterocycles. The second-order valence-electron chi connectivity index (χ2n) is 7.16. The topological polar surface area (TPSA) is 84.5 Å². The molecule has 0 saturated heterocycles. The molecule has 2 N–H and O–H groups in total.